The average molecular weight is 339 g/mol. The largest absolute Gasteiger partial charge is 0.374 e. The number of benzene rings is 2. The van der Waals surface area contributed by atoms with Gasteiger partial charge in [-0.25, -0.2) is 0 Å². The Morgan fingerprint density at radius 1 is 1.20 bits per heavy atom. The fourth-order valence-electron chi connectivity index (χ4n) is 3.12. The van der Waals surface area contributed by atoms with Gasteiger partial charge in [-0.15, -0.1) is 0 Å². The standard InChI is InChI=1S/C20H25N3O2/c1-3-20(21)12-18(20)14-4-8-17(9-5-14)23-19(25)15-6-10-16(11-7-15)22-13(2)24/h4-11,13,18,22,24H,3,12,21H2,1-2H3,(H,23,25). The van der Waals surface area contributed by atoms with Crippen LogP contribution in [-0.2, 0) is 0 Å². The molecule has 5 nitrogen and oxygen atoms in total. The number of carbonyl (C=O) groups excluding carboxylic acids is 1. The van der Waals surface area contributed by atoms with Gasteiger partial charge in [0.2, 0.25) is 0 Å². The molecule has 5 heteroatoms. The third kappa shape index (κ3) is 4.00. The van der Waals surface area contributed by atoms with Crippen LogP contribution in [0.5, 0.6) is 0 Å². The second-order valence-electron chi connectivity index (χ2n) is 6.82. The van der Waals surface area contributed by atoms with Gasteiger partial charge in [-0.1, -0.05) is 19.1 Å². The van der Waals surface area contributed by atoms with Crippen molar-refractivity contribution in [2.24, 2.45) is 5.73 Å². The number of anilines is 2. The Morgan fingerprint density at radius 3 is 2.32 bits per heavy atom. The molecule has 0 bridgehead atoms. The number of aliphatic hydroxyl groups is 1. The Balaban J connectivity index is 1.61. The lowest BCUT2D eigenvalue weighted by Crippen LogP contribution is -2.22. The predicted octanol–water partition coefficient (Wildman–Crippen LogP) is 3.28. The number of amides is 1. The van der Waals surface area contributed by atoms with Crippen molar-refractivity contribution in [2.75, 3.05) is 10.6 Å². The fraction of sp³-hybridized carbons (Fsp3) is 0.350. The Bertz CT molecular complexity index is 741. The predicted molar refractivity (Wildman–Crippen MR) is 101 cm³/mol. The number of aliphatic hydroxyl groups excluding tert-OH is 1. The highest BCUT2D eigenvalue weighted by atomic mass is 16.3. The Morgan fingerprint density at radius 2 is 1.80 bits per heavy atom. The van der Waals surface area contributed by atoms with Gasteiger partial charge in [0.15, 0.2) is 0 Å². The summed E-state index contributed by atoms with van der Waals surface area (Å²) in [6.07, 6.45) is 1.38. The summed E-state index contributed by atoms with van der Waals surface area (Å²) in [5.74, 6) is 0.265. The van der Waals surface area contributed by atoms with E-state index in [-0.39, 0.29) is 11.4 Å². The Hall–Kier alpha value is -2.37. The molecule has 0 saturated heterocycles. The van der Waals surface area contributed by atoms with E-state index in [1.165, 1.54) is 5.56 Å². The fourth-order valence-corrected chi connectivity index (χ4v) is 3.12. The number of nitrogens with one attached hydrogen (secondary N) is 2. The van der Waals surface area contributed by atoms with Gasteiger partial charge in [-0.05, 0) is 61.7 Å². The van der Waals surface area contributed by atoms with E-state index in [1.807, 2.05) is 24.3 Å². The van der Waals surface area contributed by atoms with Gasteiger partial charge in [0.1, 0.15) is 6.23 Å². The molecule has 0 radical (unpaired) electrons. The summed E-state index contributed by atoms with van der Waals surface area (Å²) >= 11 is 0. The van der Waals surface area contributed by atoms with Crippen LogP contribution in [0, 0.1) is 0 Å². The quantitative estimate of drug-likeness (QED) is 0.608. The first kappa shape index (κ1) is 17.5. The van der Waals surface area contributed by atoms with E-state index in [9.17, 15) is 9.90 Å². The molecule has 2 aromatic carbocycles. The lowest BCUT2D eigenvalue weighted by atomic mass is 10.0. The normalized spacial score (nSPS) is 23.0. The maximum Gasteiger partial charge on any atom is 0.255 e. The zero-order valence-corrected chi connectivity index (χ0v) is 14.6. The summed E-state index contributed by atoms with van der Waals surface area (Å²) in [6, 6.07) is 14.9. The van der Waals surface area contributed by atoms with Crippen molar-refractivity contribution in [1.29, 1.82) is 0 Å². The minimum atomic E-state index is -0.635. The van der Waals surface area contributed by atoms with Gasteiger partial charge in [-0.3, -0.25) is 4.79 Å². The van der Waals surface area contributed by atoms with Crippen LogP contribution >= 0.6 is 0 Å². The van der Waals surface area contributed by atoms with E-state index >= 15 is 0 Å². The highest BCUT2D eigenvalue weighted by Crippen LogP contribution is 2.51. The molecule has 0 spiro atoms. The van der Waals surface area contributed by atoms with Crippen molar-refractivity contribution in [1.82, 2.24) is 0 Å². The molecule has 132 valence electrons. The molecule has 1 aliphatic rings. The van der Waals surface area contributed by atoms with Crippen LogP contribution in [0.2, 0.25) is 0 Å². The third-order valence-electron chi connectivity index (χ3n) is 4.87. The summed E-state index contributed by atoms with van der Waals surface area (Å²) < 4.78 is 0. The SMILES string of the molecule is CCC1(N)CC1c1ccc(NC(=O)c2ccc(NC(C)O)cc2)cc1. The molecule has 1 fully saturated rings. The minimum absolute atomic E-state index is 0.0490. The van der Waals surface area contributed by atoms with Crippen LogP contribution in [0.4, 0.5) is 11.4 Å². The second kappa shape index (κ2) is 6.86. The molecule has 1 amide bonds. The number of rotatable bonds is 6. The smallest absolute Gasteiger partial charge is 0.255 e. The van der Waals surface area contributed by atoms with Crippen molar-refractivity contribution in [3.8, 4) is 0 Å². The molecule has 1 saturated carbocycles. The van der Waals surface area contributed by atoms with Gasteiger partial charge >= 0.3 is 0 Å². The monoisotopic (exact) mass is 339 g/mol. The van der Waals surface area contributed by atoms with E-state index in [1.54, 1.807) is 31.2 Å². The maximum atomic E-state index is 12.3. The molecule has 1 aliphatic carbocycles. The highest BCUT2D eigenvalue weighted by Gasteiger charge is 2.49. The van der Waals surface area contributed by atoms with Crippen LogP contribution < -0.4 is 16.4 Å². The van der Waals surface area contributed by atoms with Gasteiger partial charge in [0, 0.05) is 28.4 Å². The molecule has 2 aromatic rings. The number of nitrogens with two attached hydrogens (primary N) is 1. The van der Waals surface area contributed by atoms with Crippen LogP contribution in [0.15, 0.2) is 48.5 Å². The van der Waals surface area contributed by atoms with Crippen molar-refractivity contribution in [2.45, 2.75) is 44.4 Å². The zero-order valence-electron chi connectivity index (χ0n) is 14.6. The van der Waals surface area contributed by atoms with Gasteiger partial charge in [0.05, 0.1) is 0 Å². The molecule has 0 aromatic heterocycles. The number of hydrogen-bond acceptors (Lipinski definition) is 4. The van der Waals surface area contributed by atoms with E-state index < -0.39 is 6.23 Å². The lowest BCUT2D eigenvalue weighted by molar-refractivity contribution is 0.102. The average Bonchev–Trinajstić information content (AvgIpc) is 3.28. The van der Waals surface area contributed by atoms with Gasteiger partial charge < -0.3 is 21.5 Å². The molecule has 25 heavy (non-hydrogen) atoms. The molecule has 0 heterocycles. The lowest BCUT2D eigenvalue weighted by Gasteiger charge is -2.11. The molecule has 3 rings (SSSR count). The molecule has 0 aliphatic heterocycles. The molecular formula is C20H25N3O2. The summed E-state index contributed by atoms with van der Waals surface area (Å²) in [7, 11) is 0. The van der Waals surface area contributed by atoms with Crippen molar-refractivity contribution in [3.63, 3.8) is 0 Å². The Kier molecular flexibility index (Phi) is 4.79. The first-order valence-electron chi connectivity index (χ1n) is 8.66. The molecular weight excluding hydrogens is 314 g/mol. The molecule has 5 N–H and O–H groups in total. The zero-order chi connectivity index (χ0) is 18.0. The highest BCUT2D eigenvalue weighted by molar-refractivity contribution is 6.04. The van der Waals surface area contributed by atoms with Crippen LogP contribution in [0.3, 0.4) is 0 Å². The Labute approximate surface area is 148 Å². The van der Waals surface area contributed by atoms with Crippen LogP contribution in [0.25, 0.3) is 0 Å². The molecule has 3 atom stereocenters. The van der Waals surface area contributed by atoms with E-state index in [2.05, 4.69) is 17.6 Å². The third-order valence-corrected chi connectivity index (χ3v) is 4.87. The summed E-state index contributed by atoms with van der Waals surface area (Å²) in [5, 5.41) is 15.1. The van der Waals surface area contributed by atoms with Gasteiger partial charge in [-0.2, -0.15) is 0 Å². The second-order valence-corrected chi connectivity index (χ2v) is 6.82. The summed E-state index contributed by atoms with van der Waals surface area (Å²) in [6.45, 7) is 3.76. The van der Waals surface area contributed by atoms with Crippen molar-refractivity contribution in [3.05, 3.63) is 59.7 Å². The minimum Gasteiger partial charge on any atom is -0.374 e. The first-order chi connectivity index (χ1) is 11.9. The number of carbonyl (C=O) groups is 1. The van der Waals surface area contributed by atoms with Gasteiger partial charge in [0.25, 0.3) is 5.91 Å². The summed E-state index contributed by atoms with van der Waals surface area (Å²) in [5.41, 5.74) is 9.55. The van der Waals surface area contributed by atoms with E-state index in [0.717, 1.165) is 24.2 Å². The number of hydrogen-bond donors (Lipinski definition) is 4. The van der Waals surface area contributed by atoms with E-state index in [4.69, 9.17) is 5.73 Å². The molecule has 3 unspecified atom stereocenters. The van der Waals surface area contributed by atoms with Crippen LogP contribution in [-0.4, -0.2) is 22.8 Å². The van der Waals surface area contributed by atoms with Crippen molar-refractivity contribution < 1.29 is 9.90 Å². The van der Waals surface area contributed by atoms with Crippen LogP contribution in [0.1, 0.15) is 48.5 Å². The topological polar surface area (TPSA) is 87.4 Å². The van der Waals surface area contributed by atoms with E-state index in [0.29, 0.717) is 11.5 Å². The van der Waals surface area contributed by atoms with Crippen molar-refractivity contribution >= 4 is 17.3 Å². The maximum absolute atomic E-state index is 12.3. The summed E-state index contributed by atoms with van der Waals surface area (Å²) in [4.78, 5) is 12.3. The first-order valence-corrected chi connectivity index (χ1v) is 8.66.